The minimum Gasteiger partial charge on any atom is -0.478 e. The third-order valence-electron chi connectivity index (χ3n) is 1.70. The summed E-state index contributed by atoms with van der Waals surface area (Å²) in [6, 6.07) is 3.71. The van der Waals surface area contributed by atoms with E-state index in [-0.39, 0.29) is 5.96 Å². The van der Waals surface area contributed by atoms with Crippen LogP contribution < -0.4 is 16.2 Å². The summed E-state index contributed by atoms with van der Waals surface area (Å²) >= 11 is 0. The number of ether oxygens (including phenoxy) is 1. The summed E-state index contributed by atoms with van der Waals surface area (Å²) in [5, 5.41) is 0. The van der Waals surface area contributed by atoms with Crippen LogP contribution >= 0.6 is 0 Å². The third-order valence-corrected chi connectivity index (χ3v) is 1.70. The summed E-state index contributed by atoms with van der Waals surface area (Å²) in [4.78, 5) is 8.00. The van der Waals surface area contributed by atoms with Crippen LogP contribution in [0.25, 0.3) is 0 Å². The standard InChI is InChI=1S/C10H16N4O/c1-2-5-15-9-4-3-8(6-13-9)7-14-10(11)12/h3-4,6H,2,5,7H2,1H3,(H4,11,12,14). The smallest absolute Gasteiger partial charge is 0.213 e. The Morgan fingerprint density at radius 3 is 2.80 bits per heavy atom. The van der Waals surface area contributed by atoms with E-state index >= 15 is 0 Å². The van der Waals surface area contributed by atoms with Crippen molar-refractivity contribution < 1.29 is 4.74 Å². The van der Waals surface area contributed by atoms with Crippen LogP contribution in [0.4, 0.5) is 0 Å². The molecule has 1 rings (SSSR count). The van der Waals surface area contributed by atoms with Crippen molar-refractivity contribution in [3.8, 4) is 5.88 Å². The molecular formula is C10H16N4O. The van der Waals surface area contributed by atoms with Crippen molar-refractivity contribution in [1.29, 1.82) is 0 Å². The molecule has 0 fully saturated rings. The number of rotatable bonds is 5. The molecule has 0 unspecified atom stereocenters. The van der Waals surface area contributed by atoms with Crippen LogP contribution in [0, 0.1) is 0 Å². The van der Waals surface area contributed by atoms with Gasteiger partial charge in [-0.15, -0.1) is 0 Å². The first kappa shape index (κ1) is 11.3. The van der Waals surface area contributed by atoms with Gasteiger partial charge in [0, 0.05) is 12.3 Å². The van der Waals surface area contributed by atoms with Crippen molar-refractivity contribution in [2.24, 2.45) is 16.5 Å². The van der Waals surface area contributed by atoms with E-state index in [0.717, 1.165) is 12.0 Å². The van der Waals surface area contributed by atoms with Gasteiger partial charge in [-0.05, 0) is 12.0 Å². The number of hydrogen-bond donors (Lipinski definition) is 2. The molecule has 0 saturated carbocycles. The summed E-state index contributed by atoms with van der Waals surface area (Å²) in [7, 11) is 0. The van der Waals surface area contributed by atoms with Gasteiger partial charge in [-0.25, -0.2) is 9.98 Å². The fourth-order valence-corrected chi connectivity index (χ4v) is 0.979. The molecule has 0 aliphatic heterocycles. The molecule has 0 atom stereocenters. The lowest BCUT2D eigenvalue weighted by atomic mass is 10.3. The zero-order chi connectivity index (χ0) is 11.1. The van der Waals surface area contributed by atoms with Crippen molar-refractivity contribution in [3.05, 3.63) is 23.9 Å². The van der Waals surface area contributed by atoms with Gasteiger partial charge in [-0.3, -0.25) is 0 Å². The Hall–Kier alpha value is -1.78. The summed E-state index contributed by atoms with van der Waals surface area (Å²) in [5.74, 6) is 0.714. The van der Waals surface area contributed by atoms with Crippen LogP contribution in [0.3, 0.4) is 0 Å². The number of aliphatic imine (C=N–C) groups is 1. The van der Waals surface area contributed by atoms with Gasteiger partial charge in [0.1, 0.15) is 0 Å². The number of nitrogens with two attached hydrogens (primary N) is 2. The van der Waals surface area contributed by atoms with E-state index in [1.165, 1.54) is 0 Å². The van der Waals surface area contributed by atoms with Crippen LogP contribution in [0.1, 0.15) is 18.9 Å². The molecule has 0 aliphatic rings. The largest absolute Gasteiger partial charge is 0.478 e. The molecule has 5 heteroatoms. The fraction of sp³-hybridized carbons (Fsp3) is 0.400. The van der Waals surface area contributed by atoms with Crippen molar-refractivity contribution in [2.75, 3.05) is 6.61 Å². The Kier molecular flexibility index (Phi) is 4.40. The van der Waals surface area contributed by atoms with Crippen molar-refractivity contribution in [2.45, 2.75) is 19.9 Å². The van der Waals surface area contributed by atoms with E-state index in [1.54, 1.807) is 6.20 Å². The molecular weight excluding hydrogens is 192 g/mol. The van der Waals surface area contributed by atoms with E-state index in [1.807, 2.05) is 19.1 Å². The molecule has 0 amide bonds. The van der Waals surface area contributed by atoms with Crippen molar-refractivity contribution in [1.82, 2.24) is 4.98 Å². The average Bonchev–Trinajstić information content (AvgIpc) is 2.25. The topological polar surface area (TPSA) is 86.5 Å². The van der Waals surface area contributed by atoms with E-state index in [9.17, 15) is 0 Å². The minimum absolute atomic E-state index is 0.0845. The zero-order valence-corrected chi connectivity index (χ0v) is 8.81. The summed E-state index contributed by atoms with van der Waals surface area (Å²) in [6.07, 6.45) is 2.68. The second kappa shape index (κ2) is 5.85. The molecule has 0 aromatic carbocycles. The van der Waals surface area contributed by atoms with Crippen molar-refractivity contribution >= 4 is 5.96 Å². The first-order valence-corrected chi connectivity index (χ1v) is 4.85. The Balaban J connectivity index is 2.52. The summed E-state index contributed by atoms with van der Waals surface area (Å²) < 4.78 is 5.34. The summed E-state index contributed by atoms with van der Waals surface area (Å²) in [5.41, 5.74) is 11.4. The minimum atomic E-state index is 0.0845. The van der Waals surface area contributed by atoms with Gasteiger partial charge in [0.15, 0.2) is 5.96 Å². The Bertz CT molecular complexity index is 317. The lowest BCUT2D eigenvalue weighted by Crippen LogP contribution is -2.22. The van der Waals surface area contributed by atoms with E-state index in [0.29, 0.717) is 19.0 Å². The zero-order valence-electron chi connectivity index (χ0n) is 8.81. The highest BCUT2D eigenvalue weighted by molar-refractivity contribution is 5.75. The molecule has 4 N–H and O–H groups in total. The van der Waals surface area contributed by atoms with Gasteiger partial charge in [-0.2, -0.15) is 0 Å². The van der Waals surface area contributed by atoms with Crippen LogP contribution in [0.15, 0.2) is 23.3 Å². The number of pyridine rings is 1. The van der Waals surface area contributed by atoms with E-state index in [2.05, 4.69) is 9.98 Å². The fourth-order valence-electron chi connectivity index (χ4n) is 0.979. The molecule has 15 heavy (non-hydrogen) atoms. The van der Waals surface area contributed by atoms with E-state index < -0.39 is 0 Å². The predicted octanol–water partition coefficient (Wildman–Crippen LogP) is 0.644. The Morgan fingerprint density at radius 2 is 2.27 bits per heavy atom. The molecule has 0 spiro atoms. The van der Waals surface area contributed by atoms with Crippen molar-refractivity contribution in [3.63, 3.8) is 0 Å². The van der Waals surface area contributed by atoms with Crippen LogP contribution in [0.5, 0.6) is 5.88 Å². The Labute approximate surface area is 89.2 Å². The lowest BCUT2D eigenvalue weighted by Gasteiger charge is -2.03. The molecule has 0 radical (unpaired) electrons. The lowest BCUT2D eigenvalue weighted by molar-refractivity contribution is 0.305. The Morgan fingerprint density at radius 1 is 1.47 bits per heavy atom. The maximum absolute atomic E-state index is 5.34. The highest BCUT2D eigenvalue weighted by Gasteiger charge is 1.95. The maximum atomic E-state index is 5.34. The van der Waals surface area contributed by atoms with Gasteiger partial charge < -0.3 is 16.2 Å². The monoisotopic (exact) mass is 208 g/mol. The predicted molar refractivity (Wildman–Crippen MR) is 59.5 cm³/mol. The van der Waals surface area contributed by atoms with Crippen LogP contribution in [-0.4, -0.2) is 17.6 Å². The quantitative estimate of drug-likeness (QED) is 0.549. The van der Waals surface area contributed by atoms with Gasteiger partial charge >= 0.3 is 0 Å². The first-order chi connectivity index (χ1) is 7.22. The first-order valence-electron chi connectivity index (χ1n) is 4.85. The molecule has 1 aromatic rings. The van der Waals surface area contributed by atoms with E-state index in [4.69, 9.17) is 16.2 Å². The van der Waals surface area contributed by atoms with Crippen LogP contribution in [-0.2, 0) is 6.54 Å². The number of guanidine groups is 1. The molecule has 1 heterocycles. The molecule has 1 aromatic heterocycles. The number of hydrogen-bond acceptors (Lipinski definition) is 3. The molecule has 0 aliphatic carbocycles. The SMILES string of the molecule is CCCOc1ccc(CN=C(N)N)cn1. The summed E-state index contributed by atoms with van der Waals surface area (Å²) in [6.45, 7) is 3.18. The highest BCUT2D eigenvalue weighted by Crippen LogP contribution is 2.08. The highest BCUT2D eigenvalue weighted by atomic mass is 16.5. The van der Waals surface area contributed by atoms with Gasteiger partial charge in [0.2, 0.25) is 5.88 Å². The third kappa shape index (κ3) is 4.30. The normalized spacial score (nSPS) is 9.67. The van der Waals surface area contributed by atoms with Gasteiger partial charge in [-0.1, -0.05) is 13.0 Å². The number of nitrogens with zero attached hydrogens (tertiary/aromatic N) is 2. The second-order valence-electron chi connectivity index (χ2n) is 3.09. The maximum Gasteiger partial charge on any atom is 0.213 e. The molecule has 82 valence electrons. The second-order valence-corrected chi connectivity index (χ2v) is 3.09. The van der Waals surface area contributed by atoms with Gasteiger partial charge in [0.25, 0.3) is 0 Å². The van der Waals surface area contributed by atoms with Gasteiger partial charge in [0.05, 0.1) is 13.2 Å². The average molecular weight is 208 g/mol. The number of aromatic nitrogens is 1. The molecule has 0 saturated heterocycles. The van der Waals surface area contributed by atoms with Crippen LogP contribution in [0.2, 0.25) is 0 Å². The molecule has 0 bridgehead atoms. The molecule has 5 nitrogen and oxygen atoms in total.